The van der Waals surface area contributed by atoms with Crippen molar-refractivity contribution in [1.29, 1.82) is 0 Å². The van der Waals surface area contributed by atoms with Gasteiger partial charge in [0, 0.05) is 11.6 Å². The van der Waals surface area contributed by atoms with Crippen LogP contribution in [0.2, 0.25) is 0 Å². The molecule has 1 aromatic carbocycles. The minimum Gasteiger partial charge on any atom is -0.388 e. The van der Waals surface area contributed by atoms with Crippen LogP contribution in [0.1, 0.15) is 35.8 Å². The van der Waals surface area contributed by atoms with Crippen molar-refractivity contribution in [3.8, 4) is 11.4 Å². The predicted molar refractivity (Wildman–Crippen MR) is 69.1 cm³/mol. The van der Waals surface area contributed by atoms with E-state index in [9.17, 15) is 5.11 Å². The zero-order chi connectivity index (χ0) is 12.7. The summed E-state index contributed by atoms with van der Waals surface area (Å²) in [6, 6.07) is 6.81. The van der Waals surface area contributed by atoms with Gasteiger partial charge in [0.05, 0.1) is 0 Å². The van der Waals surface area contributed by atoms with Crippen LogP contribution in [0.4, 0.5) is 0 Å². The lowest BCUT2D eigenvalue weighted by Crippen LogP contribution is -2.04. The van der Waals surface area contributed by atoms with Crippen LogP contribution in [0.15, 0.2) is 18.2 Å². The van der Waals surface area contributed by atoms with E-state index in [0.717, 1.165) is 24.2 Å². The minimum absolute atomic E-state index is 0.0472. The zero-order valence-electron chi connectivity index (χ0n) is 10.7. The SMILES string of the molecule is Cc1ccc(-c2nnc(CO)n2C2CC2)c(C)c1. The van der Waals surface area contributed by atoms with Crippen LogP contribution in [-0.4, -0.2) is 19.9 Å². The summed E-state index contributed by atoms with van der Waals surface area (Å²) in [5, 5.41) is 17.7. The molecule has 0 bridgehead atoms. The van der Waals surface area contributed by atoms with Gasteiger partial charge in [0.15, 0.2) is 11.6 Å². The van der Waals surface area contributed by atoms with E-state index in [1.807, 2.05) is 0 Å². The maximum absolute atomic E-state index is 9.35. The number of aromatic nitrogens is 3. The molecule has 1 aliphatic rings. The Balaban J connectivity index is 2.13. The third kappa shape index (κ3) is 1.82. The Kier molecular flexibility index (Phi) is 2.67. The number of benzene rings is 1. The summed E-state index contributed by atoms with van der Waals surface area (Å²) in [5.41, 5.74) is 3.56. The Morgan fingerprint density at radius 2 is 2.06 bits per heavy atom. The first-order valence-electron chi connectivity index (χ1n) is 6.33. The van der Waals surface area contributed by atoms with Crippen molar-refractivity contribution in [2.75, 3.05) is 0 Å². The molecule has 1 saturated carbocycles. The number of hydrogen-bond acceptors (Lipinski definition) is 3. The van der Waals surface area contributed by atoms with Crippen LogP contribution in [-0.2, 0) is 6.61 Å². The van der Waals surface area contributed by atoms with Crippen LogP contribution in [0.3, 0.4) is 0 Å². The van der Waals surface area contributed by atoms with E-state index >= 15 is 0 Å². The molecule has 1 aliphatic carbocycles. The van der Waals surface area contributed by atoms with Crippen LogP contribution in [0, 0.1) is 13.8 Å². The number of aliphatic hydroxyl groups is 1. The van der Waals surface area contributed by atoms with Gasteiger partial charge >= 0.3 is 0 Å². The minimum atomic E-state index is -0.0472. The molecule has 0 atom stereocenters. The molecule has 0 radical (unpaired) electrons. The molecule has 4 heteroatoms. The van der Waals surface area contributed by atoms with E-state index < -0.39 is 0 Å². The first-order valence-corrected chi connectivity index (χ1v) is 6.33. The molecule has 0 amide bonds. The summed E-state index contributed by atoms with van der Waals surface area (Å²) < 4.78 is 2.09. The van der Waals surface area contributed by atoms with Gasteiger partial charge in [0.2, 0.25) is 0 Å². The second-order valence-corrected chi connectivity index (χ2v) is 5.02. The summed E-state index contributed by atoms with van der Waals surface area (Å²) in [4.78, 5) is 0. The Hall–Kier alpha value is -1.68. The molecule has 0 unspecified atom stereocenters. The number of aliphatic hydroxyl groups excluding tert-OH is 1. The average Bonchev–Trinajstić information content (AvgIpc) is 3.09. The Labute approximate surface area is 106 Å². The fourth-order valence-electron chi connectivity index (χ4n) is 2.40. The van der Waals surface area contributed by atoms with Gasteiger partial charge in [0.25, 0.3) is 0 Å². The molecular formula is C14H17N3O. The molecule has 0 spiro atoms. The fraction of sp³-hybridized carbons (Fsp3) is 0.429. The lowest BCUT2D eigenvalue weighted by molar-refractivity contribution is 0.265. The van der Waals surface area contributed by atoms with Crippen LogP contribution >= 0.6 is 0 Å². The van der Waals surface area contributed by atoms with Crippen molar-refractivity contribution in [2.45, 2.75) is 39.3 Å². The normalized spacial score (nSPS) is 15.1. The van der Waals surface area contributed by atoms with E-state index in [1.165, 1.54) is 11.1 Å². The quantitative estimate of drug-likeness (QED) is 0.900. The lowest BCUT2D eigenvalue weighted by atomic mass is 10.1. The Bertz CT molecular complexity index is 585. The zero-order valence-corrected chi connectivity index (χ0v) is 10.7. The number of nitrogens with zero attached hydrogens (tertiary/aromatic N) is 3. The van der Waals surface area contributed by atoms with Crippen molar-refractivity contribution in [3.63, 3.8) is 0 Å². The standard InChI is InChI=1S/C14H17N3O/c1-9-3-6-12(10(2)7-9)14-16-15-13(8-18)17(14)11-4-5-11/h3,6-7,11,18H,4-5,8H2,1-2H3. The van der Waals surface area contributed by atoms with Gasteiger partial charge in [-0.05, 0) is 32.3 Å². The summed E-state index contributed by atoms with van der Waals surface area (Å²) in [5.74, 6) is 1.56. The third-order valence-electron chi connectivity index (χ3n) is 3.44. The van der Waals surface area contributed by atoms with Crippen molar-refractivity contribution in [1.82, 2.24) is 14.8 Å². The molecule has 1 N–H and O–H groups in total. The van der Waals surface area contributed by atoms with E-state index in [4.69, 9.17) is 0 Å². The first-order chi connectivity index (χ1) is 8.70. The smallest absolute Gasteiger partial charge is 0.164 e. The van der Waals surface area contributed by atoms with E-state index in [2.05, 4.69) is 46.8 Å². The number of rotatable bonds is 3. The van der Waals surface area contributed by atoms with E-state index in [-0.39, 0.29) is 6.61 Å². The molecule has 0 saturated heterocycles. The third-order valence-corrected chi connectivity index (χ3v) is 3.44. The van der Waals surface area contributed by atoms with Gasteiger partial charge < -0.3 is 9.67 Å². The van der Waals surface area contributed by atoms with Gasteiger partial charge in [-0.25, -0.2) is 0 Å². The first kappa shape index (κ1) is 11.4. The maximum Gasteiger partial charge on any atom is 0.164 e. The Morgan fingerprint density at radius 1 is 1.28 bits per heavy atom. The largest absolute Gasteiger partial charge is 0.388 e. The second-order valence-electron chi connectivity index (χ2n) is 5.02. The number of hydrogen-bond donors (Lipinski definition) is 1. The van der Waals surface area contributed by atoms with Gasteiger partial charge in [-0.2, -0.15) is 0 Å². The topological polar surface area (TPSA) is 50.9 Å². The van der Waals surface area contributed by atoms with Crippen molar-refractivity contribution < 1.29 is 5.11 Å². The monoisotopic (exact) mass is 243 g/mol. The van der Waals surface area contributed by atoms with Gasteiger partial charge in [-0.1, -0.05) is 23.8 Å². The number of aryl methyl sites for hydroxylation is 2. The highest BCUT2D eigenvalue weighted by atomic mass is 16.3. The summed E-state index contributed by atoms with van der Waals surface area (Å²) in [6.45, 7) is 4.13. The molecule has 94 valence electrons. The van der Waals surface area contributed by atoms with Gasteiger partial charge in [0.1, 0.15) is 6.61 Å². The lowest BCUT2D eigenvalue weighted by Gasteiger charge is -2.10. The molecule has 0 aliphatic heterocycles. The summed E-state index contributed by atoms with van der Waals surface area (Å²) in [6.07, 6.45) is 2.31. The molecule has 18 heavy (non-hydrogen) atoms. The predicted octanol–water partition coefficient (Wildman–Crippen LogP) is 2.39. The van der Waals surface area contributed by atoms with Gasteiger partial charge in [-0.15, -0.1) is 10.2 Å². The molecule has 1 heterocycles. The van der Waals surface area contributed by atoms with E-state index in [1.54, 1.807) is 0 Å². The second kappa shape index (κ2) is 4.21. The summed E-state index contributed by atoms with van der Waals surface area (Å²) >= 11 is 0. The Morgan fingerprint density at radius 3 is 2.67 bits per heavy atom. The van der Waals surface area contributed by atoms with Crippen LogP contribution < -0.4 is 0 Å². The summed E-state index contributed by atoms with van der Waals surface area (Å²) in [7, 11) is 0. The van der Waals surface area contributed by atoms with Crippen molar-refractivity contribution in [2.24, 2.45) is 0 Å². The highest BCUT2D eigenvalue weighted by molar-refractivity contribution is 5.61. The molecule has 2 aromatic rings. The van der Waals surface area contributed by atoms with Gasteiger partial charge in [-0.3, -0.25) is 0 Å². The van der Waals surface area contributed by atoms with Crippen LogP contribution in [0.5, 0.6) is 0 Å². The van der Waals surface area contributed by atoms with Crippen LogP contribution in [0.25, 0.3) is 11.4 Å². The molecule has 4 nitrogen and oxygen atoms in total. The van der Waals surface area contributed by atoms with Crippen molar-refractivity contribution >= 4 is 0 Å². The molecule has 3 rings (SSSR count). The highest BCUT2D eigenvalue weighted by Crippen LogP contribution is 2.39. The maximum atomic E-state index is 9.35. The highest BCUT2D eigenvalue weighted by Gasteiger charge is 2.29. The molecule has 1 fully saturated rings. The fourth-order valence-corrected chi connectivity index (χ4v) is 2.40. The molecule has 1 aromatic heterocycles. The molecular weight excluding hydrogens is 226 g/mol. The van der Waals surface area contributed by atoms with Crippen molar-refractivity contribution in [3.05, 3.63) is 35.2 Å². The average molecular weight is 243 g/mol. The van der Waals surface area contributed by atoms with E-state index in [0.29, 0.717) is 11.9 Å².